The minimum Gasteiger partial charge on any atom is -0.378 e. The fourth-order valence-corrected chi connectivity index (χ4v) is 3.15. The van der Waals surface area contributed by atoms with E-state index in [1.54, 1.807) is 0 Å². The van der Waals surface area contributed by atoms with E-state index in [0.29, 0.717) is 6.10 Å². The molecule has 3 nitrogen and oxygen atoms in total. The summed E-state index contributed by atoms with van der Waals surface area (Å²) in [5, 5.41) is 0. The number of hydrazine groups is 1. The first-order chi connectivity index (χ1) is 7.79. The van der Waals surface area contributed by atoms with E-state index in [4.69, 9.17) is 10.6 Å². The predicted octanol–water partition coefficient (Wildman–Crippen LogP) is 2.52. The van der Waals surface area contributed by atoms with Crippen LogP contribution < -0.4 is 11.3 Å². The van der Waals surface area contributed by atoms with Crippen molar-refractivity contribution in [2.24, 2.45) is 5.84 Å². The first kappa shape index (κ1) is 12.0. The Kier molecular flexibility index (Phi) is 4.35. The highest BCUT2D eigenvalue weighted by molar-refractivity contribution is 7.12. The molecule has 1 fully saturated rings. The minimum atomic E-state index is 0.280. The largest absolute Gasteiger partial charge is 0.378 e. The van der Waals surface area contributed by atoms with Crippen molar-refractivity contribution in [2.45, 2.75) is 44.8 Å². The molecular weight excluding hydrogens is 220 g/mol. The van der Waals surface area contributed by atoms with E-state index in [1.807, 2.05) is 11.3 Å². The molecule has 0 spiro atoms. The van der Waals surface area contributed by atoms with Crippen molar-refractivity contribution < 1.29 is 4.74 Å². The second kappa shape index (κ2) is 5.77. The zero-order valence-corrected chi connectivity index (χ0v) is 10.6. The molecule has 1 aromatic rings. The Bertz CT molecular complexity index is 321. The standard InChI is InChI=1S/C12H20N2OS/c1-9-4-7-12(16-9)11(14-13)6-5-10-3-2-8-15-10/h4,7,10-11,14H,2-3,5-6,8,13H2,1H3. The zero-order chi connectivity index (χ0) is 11.4. The molecule has 2 rings (SSSR count). The summed E-state index contributed by atoms with van der Waals surface area (Å²) in [5.74, 6) is 5.61. The first-order valence-corrected chi connectivity index (χ1v) is 6.75. The smallest absolute Gasteiger partial charge is 0.0576 e. The topological polar surface area (TPSA) is 47.3 Å². The normalized spacial score (nSPS) is 22.5. The van der Waals surface area contributed by atoms with Gasteiger partial charge in [-0.15, -0.1) is 11.3 Å². The van der Waals surface area contributed by atoms with E-state index in [0.717, 1.165) is 19.4 Å². The number of hydrogen-bond acceptors (Lipinski definition) is 4. The number of nitrogens with two attached hydrogens (primary N) is 1. The molecule has 2 atom stereocenters. The molecule has 4 heteroatoms. The van der Waals surface area contributed by atoms with Gasteiger partial charge in [-0.3, -0.25) is 11.3 Å². The third-order valence-corrected chi connectivity index (χ3v) is 4.22. The van der Waals surface area contributed by atoms with Crippen LogP contribution in [-0.2, 0) is 4.74 Å². The van der Waals surface area contributed by atoms with Gasteiger partial charge in [-0.05, 0) is 44.7 Å². The number of thiophene rings is 1. The van der Waals surface area contributed by atoms with Crippen LogP contribution in [0.1, 0.15) is 41.5 Å². The first-order valence-electron chi connectivity index (χ1n) is 5.93. The molecule has 0 aromatic carbocycles. The quantitative estimate of drug-likeness (QED) is 0.614. The lowest BCUT2D eigenvalue weighted by molar-refractivity contribution is 0.0997. The van der Waals surface area contributed by atoms with E-state index in [-0.39, 0.29) is 6.04 Å². The highest BCUT2D eigenvalue weighted by Crippen LogP contribution is 2.27. The molecule has 0 aliphatic carbocycles. The van der Waals surface area contributed by atoms with E-state index in [1.165, 1.54) is 22.6 Å². The van der Waals surface area contributed by atoms with Gasteiger partial charge < -0.3 is 4.74 Å². The fraction of sp³-hybridized carbons (Fsp3) is 0.667. The molecule has 2 heterocycles. The molecule has 90 valence electrons. The van der Waals surface area contributed by atoms with E-state index in [9.17, 15) is 0 Å². The van der Waals surface area contributed by atoms with Crippen molar-refractivity contribution in [2.75, 3.05) is 6.61 Å². The molecule has 0 saturated carbocycles. The Hall–Kier alpha value is -0.420. The Morgan fingerprint density at radius 2 is 2.50 bits per heavy atom. The SMILES string of the molecule is Cc1ccc(C(CCC2CCCO2)NN)s1. The molecular formula is C12H20N2OS. The maximum absolute atomic E-state index is 5.62. The van der Waals surface area contributed by atoms with Gasteiger partial charge in [-0.2, -0.15) is 0 Å². The maximum Gasteiger partial charge on any atom is 0.0576 e. The Labute approximate surface area is 101 Å². The van der Waals surface area contributed by atoms with Gasteiger partial charge >= 0.3 is 0 Å². The van der Waals surface area contributed by atoms with Crippen LogP contribution >= 0.6 is 11.3 Å². The second-order valence-corrected chi connectivity index (χ2v) is 5.70. The molecule has 1 aliphatic rings. The number of ether oxygens (including phenoxy) is 1. The van der Waals surface area contributed by atoms with E-state index < -0.39 is 0 Å². The molecule has 16 heavy (non-hydrogen) atoms. The summed E-state index contributed by atoms with van der Waals surface area (Å²) >= 11 is 1.82. The third-order valence-electron chi connectivity index (χ3n) is 3.11. The van der Waals surface area contributed by atoms with Gasteiger partial charge in [-0.25, -0.2) is 0 Å². The van der Waals surface area contributed by atoms with Gasteiger partial charge in [0.25, 0.3) is 0 Å². The molecule has 1 aromatic heterocycles. The highest BCUT2D eigenvalue weighted by Gasteiger charge is 2.18. The van der Waals surface area contributed by atoms with Crippen molar-refractivity contribution in [3.63, 3.8) is 0 Å². The molecule has 3 N–H and O–H groups in total. The van der Waals surface area contributed by atoms with Gasteiger partial charge in [0.2, 0.25) is 0 Å². The van der Waals surface area contributed by atoms with Gasteiger partial charge in [0.1, 0.15) is 0 Å². The van der Waals surface area contributed by atoms with Crippen LogP contribution in [0.4, 0.5) is 0 Å². The van der Waals surface area contributed by atoms with Gasteiger partial charge in [0.05, 0.1) is 12.1 Å². The maximum atomic E-state index is 5.62. The lowest BCUT2D eigenvalue weighted by Gasteiger charge is -2.16. The molecule has 1 aliphatic heterocycles. The highest BCUT2D eigenvalue weighted by atomic mass is 32.1. The van der Waals surface area contributed by atoms with Crippen LogP contribution in [0.3, 0.4) is 0 Å². The minimum absolute atomic E-state index is 0.280. The Morgan fingerprint density at radius 3 is 3.06 bits per heavy atom. The van der Waals surface area contributed by atoms with E-state index in [2.05, 4.69) is 24.5 Å². The number of hydrogen-bond donors (Lipinski definition) is 2. The van der Waals surface area contributed by atoms with Gasteiger partial charge in [0, 0.05) is 16.4 Å². The molecule has 1 saturated heterocycles. The lowest BCUT2D eigenvalue weighted by atomic mass is 10.1. The summed E-state index contributed by atoms with van der Waals surface area (Å²) in [6.07, 6.45) is 5.04. The van der Waals surface area contributed by atoms with Crippen LogP contribution in [0.5, 0.6) is 0 Å². The van der Waals surface area contributed by atoms with Crippen LogP contribution in [0, 0.1) is 6.92 Å². The fourth-order valence-electron chi connectivity index (χ4n) is 2.17. The van der Waals surface area contributed by atoms with Crippen molar-refractivity contribution in [3.05, 3.63) is 21.9 Å². The third kappa shape index (κ3) is 3.04. The average Bonchev–Trinajstić information content (AvgIpc) is 2.91. The Morgan fingerprint density at radius 1 is 1.62 bits per heavy atom. The molecule has 0 radical (unpaired) electrons. The average molecular weight is 240 g/mol. The second-order valence-electron chi connectivity index (χ2n) is 4.38. The number of aryl methyl sites for hydroxylation is 1. The number of nitrogens with one attached hydrogen (secondary N) is 1. The zero-order valence-electron chi connectivity index (χ0n) is 9.74. The van der Waals surface area contributed by atoms with Crippen molar-refractivity contribution in [3.8, 4) is 0 Å². The summed E-state index contributed by atoms with van der Waals surface area (Å²) in [5.41, 5.74) is 2.91. The van der Waals surface area contributed by atoms with Crippen LogP contribution in [-0.4, -0.2) is 12.7 Å². The van der Waals surface area contributed by atoms with Crippen LogP contribution in [0.2, 0.25) is 0 Å². The summed E-state index contributed by atoms with van der Waals surface area (Å²) in [6, 6.07) is 4.60. The van der Waals surface area contributed by atoms with Crippen molar-refractivity contribution in [1.29, 1.82) is 0 Å². The van der Waals surface area contributed by atoms with E-state index >= 15 is 0 Å². The summed E-state index contributed by atoms with van der Waals surface area (Å²) in [4.78, 5) is 2.67. The molecule has 0 amide bonds. The molecule has 0 bridgehead atoms. The van der Waals surface area contributed by atoms with Crippen LogP contribution in [0.25, 0.3) is 0 Å². The summed E-state index contributed by atoms with van der Waals surface area (Å²) in [6.45, 7) is 3.06. The van der Waals surface area contributed by atoms with Crippen molar-refractivity contribution in [1.82, 2.24) is 5.43 Å². The lowest BCUT2D eigenvalue weighted by Crippen LogP contribution is -2.28. The van der Waals surface area contributed by atoms with Crippen LogP contribution in [0.15, 0.2) is 12.1 Å². The predicted molar refractivity (Wildman–Crippen MR) is 67.3 cm³/mol. The van der Waals surface area contributed by atoms with Gasteiger partial charge in [0.15, 0.2) is 0 Å². The summed E-state index contributed by atoms with van der Waals surface area (Å²) < 4.78 is 5.62. The number of rotatable bonds is 5. The molecule has 2 unspecified atom stereocenters. The Balaban J connectivity index is 1.85. The van der Waals surface area contributed by atoms with Crippen molar-refractivity contribution >= 4 is 11.3 Å². The summed E-state index contributed by atoms with van der Waals surface area (Å²) in [7, 11) is 0. The van der Waals surface area contributed by atoms with Gasteiger partial charge in [-0.1, -0.05) is 0 Å². The monoisotopic (exact) mass is 240 g/mol.